The molecule has 2 heterocycles. The van der Waals surface area contributed by atoms with Gasteiger partial charge < -0.3 is 15.0 Å². The van der Waals surface area contributed by atoms with Crippen LogP contribution in [0.5, 0.6) is 0 Å². The van der Waals surface area contributed by atoms with Crippen LogP contribution in [0.25, 0.3) is 0 Å². The molecule has 1 aliphatic rings. The average Bonchev–Trinajstić information content (AvgIpc) is 3.27. The lowest BCUT2D eigenvalue weighted by atomic mass is 10.2. The molecule has 134 valence electrons. The van der Waals surface area contributed by atoms with Gasteiger partial charge in [0.25, 0.3) is 0 Å². The highest BCUT2D eigenvalue weighted by Crippen LogP contribution is 2.19. The fraction of sp³-hybridized carbons (Fsp3) is 0.450. The van der Waals surface area contributed by atoms with E-state index >= 15 is 0 Å². The van der Waals surface area contributed by atoms with E-state index in [-0.39, 0.29) is 12.0 Å². The van der Waals surface area contributed by atoms with E-state index < -0.39 is 0 Å². The molecule has 1 aliphatic heterocycles. The molecule has 4 nitrogen and oxygen atoms in total. The Bertz CT molecular complexity index is 665. The Hall–Kier alpha value is -1.69. The number of benzene rings is 1. The van der Waals surface area contributed by atoms with E-state index in [1.807, 2.05) is 23.1 Å². The first kappa shape index (κ1) is 18.1. The van der Waals surface area contributed by atoms with Gasteiger partial charge in [-0.25, -0.2) is 0 Å². The second kappa shape index (κ2) is 9.13. The quantitative estimate of drug-likeness (QED) is 0.787. The van der Waals surface area contributed by atoms with Gasteiger partial charge in [-0.3, -0.25) is 4.79 Å². The summed E-state index contributed by atoms with van der Waals surface area (Å²) in [7, 11) is 0. The molecule has 5 heteroatoms. The third-order valence-corrected chi connectivity index (χ3v) is 5.55. The topological polar surface area (TPSA) is 41.6 Å². The number of nitrogens with one attached hydrogen (secondary N) is 1. The Morgan fingerprint density at radius 1 is 1.28 bits per heavy atom. The van der Waals surface area contributed by atoms with Crippen molar-refractivity contribution in [2.45, 2.75) is 39.0 Å². The molecule has 0 aliphatic carbocycles. The summed E-state index contributed by atoms with van der Waals surface area (Å²) in [5, 5.41) is 5.36. The van der Waals surface area contributed by atoms with Gasteiger partial charge in [-0.1, -0.05) is 30.3 Å². The van der Waals surface area contributed by atoms with E-state index in [1.54, 1.807) is 11.3 Å². The summed E-state index contributed by atoms with van der Waals surface area (Å²) < 4.78 is 5.61. The molecule has 1 amide bonds. The van der Waals surface area contributed by atoms with E-state index in [9.17, 15) is 4.79 Å². The minimum Gasteiger partial charge on any atom is -0.377 e. The van der Waals surface area contributed by atoms with Crippen molar-refractivity contribution in [3.8, 4) is 0 Å². The molecule has 1 fully saturated rings. The fourth-order valence-corrected chi connectivity index (χ4v) is 3.95. The summed E-state index contributed by atoms with van der Waals surface area (Å²) in [4.78, 5) is 16.0. The lowest BCUT2D eigenvalue weighted by Gasteiger charge is -2.23. The van der Waals surface area contributed by atoms with E-state index in [2.05, 4.69) is 35.8 Å². The van der Waals surface area contributed by atoms with Gasteiger partial charge in [-0.05, 0) is 42.3 Å². The molecular formula is C20H26N2O2S. The van der Waals surface area contributed by atoms with Crippen molar-refractivity contribution in [2.24, 2.45) is 0 Å². The van der Waals surface area contributed by atoms with E-state index in [1.165, 1.54) is 10.4 Å². The molecule has 0 spiro atoms. The molecule has 2 aromatic rings. The molecule has 1 aromatic heterocycles. The van der Waals surface area contributed by atoms with Crippen molar-refractivity contribution >= 4 is 17.2 Å². The van der Waals surface area contributed by atoms with Gasteiger partial charge >= 0.3 is 0 Å². The van der Waals surface area contributed by atoms with Crippen molar-refractivity contribution < 1.29 is 9.53 Å². The van der Waals surface area contributed by atoms with Gasteiger partial charge in [0.15, 0.2) is 0 Å². The number of hydrogen-bond donors (Lipinski definition) is 1. The third kappa shape index (κ3) is 5.39. The monoisotopic (exact) mass is 358 g/mol. The van der Waals surface area contributed by atoms with E-state index in [0.29, 0.717) is 19.6 Å². The van der Waals surface area contributed by atoms with Crippen LogP contribution in [0.15, 0.2) is 41.8 Å². The summed E-state index contributed by atoms with van der Waals surface area (Å²) in [6.07, 6.45) is 2.47. The number of aryl methyl sites for hydroxylation is 1. The summed E-state index contributed by atoms with van der Waals surface area (Å²) in [5.74, 6) is 0.134. The zero-order valence-electron chi connectivity index (χ0n) is 14.7. The van der Waals surface area contributed by atoms with Crippen molar-refractivity contribution in [1.29, 1.82) is 0 Å². The van der Waals surface area contributed by atoms with Crippen LogP contribution in [0.4, 0.5) is 0 Å². The van der Waals surface area contributed by atoms with Crippen molar-refractivity contribution in [2.75, 3.05) is 19.7 Å². The van der Waals surface area contributed by atoms with Crippen LogP contribution in [-0.4, -0.2) is 36.6 Å². The highest BCUT2D eigenvalue weighted by atomic mass is 32.1. The lowest BCUT2D eigenvalue weighted by molar-refractivity contribution is -0.131. The number of thiophene rings is 1. The third-order valence-electron chi connectivity index (χ3n) is 4.54. The Kier molecular flexibility index (Phi) is 6.62. The smallest absolute Gasteiger partial charge is 0.237 e. The normalized spacial score (nSPS) is 16.9. The molecule has 0 radical (unpaired) electrons. The minimum absolute atomic E-state index is 0.134. The summed E-state index contributed by atoms with van der Waals surface area (Å²) in [6, 6.07) is 12.3. The summed E-state index contributed by atoms with van der Waals surface area (Å²) >= 11 is 1.72. The van der Waals surface area contributed by atoms with Crippen LogP contribution in [0.2, 0.25) is 0 Å². The van der Waals surface area contributed by atoms with Crippen molar-refractivity contribution in [3.63, 3.8) is 0 Å². The van der Waals surface area contributed by atoms with Crippen molar-refractivity contribution in [3.05, 3.63) is 57.8 Å². The maximum absolute atomic E-state index is 12.8. The van der Waals surface area contributed by atoms with Gasteiger partial charge in [-0.15, -0.1) is 11.3 Å². The predicted octanol–water partition coefficient (Wildman–Crippen LogP) is 3.35. The largest absolute Gasteiger partial charge is 0.377 e. The first-order chi connectivity index (χ1) is 12.2. The zero-order chi connectivity index (χ0) is 17.5. The molecule has 0 bridgehead atoms. The molecule has 0 unspecified atom stereocenters. The second-order valence-electron chi connectivity index (χ2n) is 6.53. The Balaban J connectivity index is 1.60. The molecule has 1 saturated heterocycles. The van der Waals surface area contributed by atoms with Crippen LogP contribution in [0, 0.1) is 6.92 Å². The molecule has 25 heavy (non-hydrogen) atoms. The predicted molar refractivity (Wildman–Crippen MR) is 102 cm³/mol. The highest BCUT2D eigenvalue weighted by Gasteiger charge is 2.18. The van der Waals surface area contributed by atoms with Crippen LogP contribution in [0.3, 0.4) is 0 Å². The van der Waals surface area contributed by atoms with Gasteiger partial charge in [0.05, 0.1) is 19.2 Å². The number of amides is 1. The molecule has 3 rings (SSSR count). The van der Waals surface area contributed by atoms with E-state index in [4.69, 9.17) is 4.74 Å². The van der Waals surface area contributed by atoms with Crippen LogP contribution < -0.4 is 5.32 Å². The molecule has 1 N–H and O–H groups in total. The molecule has 1 atom stereocenters. The van der Waals surface area contributed by atoms with Crippen molar-refractivity contribution in [1.82, 2.24) is 10.2 Å². The van der Waals surface area contributed by atoms with Gasteiger partial charge in [0, 0.05) is 24.6 Å². The minimum atomic E-state index is 0.134. The summed E-state index contributed by atoms with van der Waals surface area (Å²) in [6.45, 7) is 5.36. The number of rotatable bonds is 8. The zero-order valence-corrected chi connectivity index (χ0v) is 15.6. The van der Waals surface area contributed by atoms with Crippen LogP contribution in [0.1, 0.15) is 28.8 Å². The maximum atomic E-state index is 12.8. The number of hydrogen-bond acceptors (Lipinski definition) is 4. The number of ether oxygens (including phenoxy) is 1. The Morgan fingerprint density at radius 2 is 2.12 bits per heavy atom. The first-order valence-electron chi connectivity index (χ1n) is 8.89. The highest BCUT2D eigenvalue weighted by molar-refractivity contribution is 7.10. The standard InChI is InChI=1S/C20H26N2O2S/c1-16-9-11-25-19(16)15-22(14-17-6-3-2-4-7-17)20(23)13-21-12-18-8-5-10-24-18/h2-4,6-7,9,11,18,21H,5,8,10,12-15H2,1H3/t18-/m0/s1. The number of carbonyl (C=O) groups excluding carboxylic acids is 1. The van der Waals surface area contributed by atoms with Gasteiger partial charge in [0.2, 0.25) is 5.91 Å². The molecule has 0 saturated carbocycles. The summed E-state index contributed by atoms with van der Waals surface area (Å²) in [5.41, 5.74) is 2.41. The number of nitrogens with zero attached hydrogens (tertiary/aromatic N) is 1. The Labute approximate surface area is 153 Å². The molecular weight excluding hydrogens is 332 g/mol. The SMILES string of the molecule is Cc1ccsc1CN(Cc1ccccc1)C(=O)CNC[C@@H]1CCCO1. The maximum Gasteiger partial charge on any atom is 0.237 e. The van der Waals surface area contributed by atoms with Gasteiger partial charge in [-0.2, -0.15) is 0 Å². The average molecular weight is 359 g/mol. The van der Waals surface area contributed by atoms with Gasteiger partial charge in [0.1, 0.15) is 0 Å². The fourth-order valence-electron chi connectivity index (χ4n) is 3.03. The lowest BCUT2D eigenvalue weighted by Crippen LogP contribution is -2.39. The van der Waals surface area contributed by atoms with E-state index in [0.717, 1.165) is 31.6 Å². The van der Waals surface area contributed by atoms with Crippen LogP contribution >= 0.6 is 11.3 Å². The number of carbonyl (C=O) groups is 1. The van der Waals surface area contributed by atoms with Crippen LogP contribution in [-0.2, 0) is 22.6 Å². The first-order valence-corrected chi connectivity index (χ1v) is 9.77. The molecule has 1 aromatic carbocycles. The second-order valence-corrected chi connectivity index (χ2v) is 7.53. The Morgan fingerprint density at radius 3 is 2.80 bits per heavy atom.